The largest absolute Gasteiger partial charge is 0.458 e. The van der Waals surface area contributed by atoms with Crippen LogP contribution in [0, 0.1) is 17.8 Å². The molecule has 18 nitrogen and oxygen atoms in total. The number of hydrogen-bond acceptors (Lipinski definition) is 13. The minimum Gasteiger partial charge on any atom is -0.458 e. The van der Waals surface area contributed by atoms with E-state index in [-0.39, 0.29) is 69.9 Å². The van der Waals surface area contributed by atoms with Crippen LogP contribution in [-0.4, -0.2) is 146 Å². The van der Waals surface area contributed by atoms with Gasteiger partial charge in [0.05, 0.1) is 26.4 Å². The summed E-state index contributed by atoms with van der Waals surface area (Å²) in [6.45, 7) is 33.9. The van der Waals surface area contributed by atoms with Crippen molar-refractivity contribution in [3.63, 3.8) is 0 Å². The van der Waals surface area contributed by atoms with Crippen LogP contribution in [0.15, 0.2) is 12.7 Å². The second-order valence-electron chi connectivity index (χ2n) is 19.8. The summed E-state index contributed by atoms with van der Waals surface area (Å²) in [6, 6.07) is -1.63. The molecule has 63 heavy (non-hydrogen) atoms. The van der Waals surface area contributed by atoms with Crippen LogP contribution < -0.4 is 16.0 Å². The smallest absolute Gasteiger partial charge is 0.410 e. The molecular weight excluding hydrogens is 819 g/mol. The first-order chi connectivity index (χ1) is 28.9. The van der Waals surface area contributed by atoms with Crippen molar-refractivity contribution in [2.75, 3.05) is 59.4 Å². The van der Waals surface area contributed by atoms with Crippen molar-refractivity contribution >= 4 is 36.2 Å². The van der Waals surface area contributed by atoms with Crippen molar-refractivity contribution in [3.8, 4) is 0 Å². The third-order valence-electron chi connectivity index (χ3n) is 9.71. The minimum absolute atomic E-state index is 0.0488. The molecule has 18 heteroatoms. The lowest BCUT2D eigenvalue weighted by Gasteiger charge is -2.43. The van der Waals surface area contributed by atoms with Crippen LogP contribution in [0.5, 0.6) is 0 Å². The summed E-state index contributed by atoms with van der Waals surface area (Å²) in [7, 11) is 0. The number of hydrogen-bond donors (Lipinski definition) is 3. The van der Waals surface area contributed by atoms with Gasteiger partial charge in [0, 0.05) is 36.1 Å². The number of carbonyl (C=O) groups is 6. The van der Waals surface area contributed by atoms with Gasteiger partial charge in [-0.1, -0.05) is 54.2 Å². The highest BCUT2D eigenvalue weighted by Crippen LogP contribution is 2.26. The third kappa shape index (κ3) is 23.3. The minimum atomic E-state index is -1.84. The summed E-state index contributed by atoms with van der Waals surface area (Å²) in [6.07, 6.45) is -1.79. The van der Waals surface area contributed by atoms with Gasteiger partial charge in [0.2, 0.25) is 5.91 Å². The molecule has 3 atom stereocenters. The van der Waals surface area contributed by atoms with Crippen molar-refractivity contribution in [2.24, 2.45) is 17.8 Å². The Morgan fingerprint density at radius 1 is 0.603 bits per heavy atom. The zero-order valence-corrected chi connectivity index (χ0v) is 41.5. The van der Waals surface area contributed by atoms with Gasteiger partial charge in [0.1, 0.15) is 43.6 Å². The van der Waals surface area contributed by atoms with Gasteiger partial charge in [0.25, 0.3) is 0 Å². The van der Waals surface area contributed by atoms with Crippen LogP contribution in [0.25, 0.3) is 0 Å². The predicted octanol–water partition coefficient (Wildman–Crippen LogP) is 6.83. The second kappa shape index (κ2) is 27.1. The van der Waals surface area contributed by atoms with Crippen LogP contribution in [0.2, 0.25) is 0 Å². The first kappa shape index (κ1) is 58.7. The standard InChI is InChI=1S/C45H83N5O13/c1-19-22-59-38(53)46-21-24-58-26-25-57-23-20-35(51)48-45(28-61-40(55)49(42(10,11)12)33(8)30(2)3,29-62-41(56)50(43(13,14)15)34(9)31(4)5)27-60-39(54)47-36(32(6)7)37(52)63-44(16,17)18/h19,30-34,36H,1,20-29H2,2-18H3,(H,46,53)(H,47,54)(H,48,51)/t33-,34-,36-/m0/s1. The number of ether oxygens (including phenoxy) is 7. The Morgan fingerprint density at radius 2 is 1.06 bits per heavy atom. The Hall–Kier alpha value is -4.32. The summed E-state index contributed by atoms with van der Waals surface area (Å²) in [5, 5.41) is 7.93. The summed E-state index contributed by atoms with van der Waals surface area (Å²) in [4.78, 5) is 83.1. The fourth-order valence-electron chi connectivity index (χ4n) is 5.96. The Bertz CT molecular complexity index is 1400. The molecule has 0 fully saturated rings. The summed E-state index contributed by atoms with van der Waals surface area (Å²) in [5.41, 5.74) is -4.03. The predicted molar refractivity (Wildman–Crippen MR) is 240 cm³/mol. The SMILES string of the molecule is C=CCOC(=O)NCCOCCOCCC(=O)NC(COC(=O)N[C@H](C(=O)OC(C)(C)C)C(C)C)(COC(=O)N([C@@H](C)C(C)C)C(C)(C)C)COC(=O)N([C@@H](C)C(C)C)C(C)(C)C. The average molecular weight is 902 g/mol. The fraction of sp³-hybridized carbons (Fsp3) is 0.822. The Kier molecular flexibility index (Phi) is 25.2. The highest BCUT2D eigenvalue weighted by atomic mass is 16.6. The highest BCUT2D eigenvalue weighted by Gasteiger charge is 2.42. The van der Waals surface area contributed by atoms with Gasteiger partial charge in [-0.2, -0.15) is 0 Å². The molecule has 0 aliphatic carbocycles. The van der Waals surface area contributed by atoms with Crippen LogP contribution in [0.3, 0.4) is 0 Å². The monoisotopic (exact) mass is 902 g/mol. The van der Waals surface area contributed by atoms with Crippen molar-refractivity contribution in [2.45, 2.75) is 164 Å². The molecule has 0 aliphatic heterocycles. The van der Waals surface area contributed by atoms with Gasteiger partial charge < -0.3 is 58.9 Å². The van der Waals surface area contributed by atoms with E-state index in [1.54, 1.807) is 44.4 Å². The zero-order chi connectivity index (χ0) is 48.9. The number of nitrogens with one attached hydrogen (secondary N) is 3. The maximum Gasteiger partial charge on any atom is 0.410 e. The van der Waals surface area contributed by atoms with E-state index in [0.29, 0.717) is 0 Å². The molecule has 0 rings (SSSR count). The molecule has 0 spiro atoms. The van der Waals surface area contributed by atoms with Crippen molar-refractivity contribution in [3.05, 3.63) is 12.7 Å². The van der Waals surface area contributed by atoms with Gasteiger partial charge >= 0.3 is 30.3 Å². The van der Waals surface area contributed by atoms with Crippen LogP contribution >= 0.6 is 0 Å². The second-order valence-corrected chi connectivity index (χ2v) is 19.8. The number of rotatable bonds is 25. The maximum atomic E-state index is 14.0. The van der Waals surface area contributed by atoms with Crippen molar-refractivity contribution in [1.29, 1.82) is 0 Å². The van der Waals surface area contributed by atoms with E-state index < -0.39 is 90.2 Å². The lowest BCUT2D eigenvalue weighted by atomic mass is 9.97. The Labute approximate surface area is 377 Å². The molecular formula is C45H83N5O13. The molecule has 0 aromatic rings. The first-order valence-corrected chi connectivity index (χ1v) is 22.0. The number of amides is 5. The van der Waals surface area contributed by atoms with Crippen LogP contribution in [0.1, 0.15) is 124 Å². The molecule has 5 amide bonds. The molecule has 0 heterocycles. The normalized spacial score (nSPS) is 13.7. The molecule has 0 aromatic heterocycles. The first-order valence-electron chi connectivity index (χ1n) is 22.0. The van der Waals surface area contributed by atoms with Crippen LogP contribution in [-0.2, 0) is 42.7 Å². The number of nitrogens with zero attached hydrogens (tertiary/aromatic N) is 2. The maximum absolute atomic E-state index is 14.0. The number of carbonyl (C=O) groups excluding carboxylic acids is 6. The molecule has 0 unspecified atom stereocenters. The molecule has 0 aromatic carbocycles. The molecule has 366 valence electrons. The van der Waals surface area contributed by atoms with Crippen LogP contribution in [0.4, 0.5) is 19.2 Å². The molecule has 0 aliphatic rings. The fourth-order valence-corrected chi connectivity index (χ4v) is 5.96. The van der Waals surface area contributed by atoms with Gasteiger partial charge in [0.15, 0.2) is 0 Å². The number of alkyl carbamates (subject to hydrolysis) is 2. The molecule has 0 radical (unpaired) electrons. The van der Waals surface area contributed by atoms with Gasteiger partial charge in [-0.25, -0.2) is 24.0 Å². The summed E-state index contributed by atoms with van der Waals surface area (Å²) in [5.74, 6) is -1.58. The van der Waals surface area contributed by atoms with E-state index in [0.717, 1.165) is 0 Å². The Balaban J connectivity index is 6.72. The quantitative estimate of drug-likeness (QED) is 0.0372. The van der Waals surface area contributed by atoms with Crippen molar-refractivity contribution < 1.29 is 61.9 Å². The average Bonchev–Trinajstić information content (AvgIpc) is 3.13. The topological polar surface area (TPSA) is 210 Å². The van der Waals surface area contributed by atoms with E-state index >= 15 is 0 Å². The van der Waals surface area contributed by atoms with E-state index in [1.807, 2.05) is 83.1 Å². The van der Waals surface area contributed by atoms with E-state index in [1.165, 1.54) is 6.08 Å². The lowest BCUT2D eigenvalue weighted by Crippen LogP contribution is -2.62. The highest BCUT2D eigenvalue weighted by molar-refractivity contribution is 5.82. The van der Waals surface area contributed by atoms with Gasteiger partial charge in [-0.15, -0.1) is 0 Å². The van der Waals surface area contributed by atoms with Gasteiger partial charge in [-0.05, 0) is 93.9 Å². The van der Waals surface area contributed by atoms with E-state index in [2.05, 4.69) is 22.5 Å². The van der Waals surface area contributed by atoms with Crippen molar-refractivity contribution in [1.82, 2.24) is 25.8 Å². The molecule has 0 bridgehead atoms. The zero-order valence-electron chi connectivity index (χ0n) is 41.5. The summed E-state index contributed by atoms with van der Waals surface area (Å²) >= 11 is 0. The molecule has 0 saturated heterocycles. The van der Waals surface area contributed by atoms with E-state index in [4.69, 9.17) is 33.2 Å². The third-order valence-corrected chi connectivity index (χ3v) is 9.71. The van der Waals surface area contributed by atoms with E-state index in [9.17, 15) is 28.8 Å². The van der Waals surface area contributed by atoms with Gasteiger partial charge in [-0.3, -0.25) is 4.79 Å². The molecule has 3 N–H and O–H groups in total. The number of esters is 1. The lowest BCUT2D eigenvalue weighted by molar-refractivity contribution is -0.158. The summed E-state index contributed by atoms with van der Waals surface area (Å²) < 4.78 is 39.1. The molecule has 0 saturated carbocycles. The Morgan fingerprint density at radius 3 is 1.48 bits per heavy atom.